The van der Waals surface area contributed by atoms with Gasteiger partial charge < -0.3 is 14.8 Å². The zero-order chi connectivity index (χ0) is 18.7. The number of carbonyl (C=O) groups excluding carboxylic acids is 1. The Morgan fingerprint density at radius 1 is 1.15 bits per heavy atom. The fourth-order valence-corrected chi connectivity index (χ4v) is 2.73. The number of benzene rings is 2. The SMILES string of the molecule is COc1ccc(C(=O)Nc2nn(-c3ccccc3Cl)cc2C)c(OC)c1. The minimum Gasteiger partial charge on any atom is -0.497 e. The predicted molar refractivity (Wildman–Crippen MR) is 101 cm³/mol. The van der Waals surface area contributed by atoms with Crippen LogP contribution in [0.1, 0.15) is 15.9 Å². The van der Waals surface area contributed by atoms with Gasteiger partial charge in [0, 0.05) is 17.8 Å². The Bertz CT molecular complexity index is 953. The van der Waals surface area contributed by atoms with Gasteiger partial charge in [0.2, 0.25) is 0 Å². The number of aromatic nitrogens is 2. The Labute approximate surface area is 156 Å². The second-order valence-electron chi connectivity index (χ2n) is 5.58. The van der Waals surface area contributed by atoms with Crippen LogP contribution in [0, 0.1) is 6.92 Å². The zero-order valence-electron chi connectivity index (χ0n) is 14.6. The number of methoxy groups -OCH3 is 2. The van der Waals surface area contributed by atoms with Gasteiger partial charge >= 0.3 is 0 Å². The quantitative estimate of drug-likeness (QED) is 0.733. The summed E-state index contributed by atoms with van der Waals surface area (Å²) >= 11 is 6.21. The van der Waals surface area contributed by atoms with E-state index in [2.05, 4.69) is 10.4 Å². The van der Waals surface area contributed by atoms with Gasteiger partial charge in [-0.2, -0.15) is 0 Å². The molecule has 26 heavy (non-hydrogen) atoms. The number of rotatable bonds is 5. The number of nitrogens with zero attached hydrogens (tertiary/aromatic N) is 2. The molecule has 0 spiro atoms. The summed E-state index contributed by atoms with van der Waals surface area (Å²) in [5, 5.41) is 7.82. The highest BCUT2D eigenvalue weighted by molar-refractivity contribution is 6.32. The molecule has 0 saturated heterocycles. The highest BCUT2D eigenvalue weighted by atomic mass is 35.5. The molecule has 0 atom stereocenters. The van der Waals surface area contributed by atoms with E-state index in [1.165, 1.54) is 7.11 Å². The molecule has 1 N–H and O–H groups in total. The molecule has 0 unspecified atom stereocenters. The topological polar surface area (TPSA) is 65.4 Å². The standard InChI is InChI=1S/C19H18ClN3O3/c1-12-11-23(16-7-5-4-6-15(16)20)22-18(12)21-19(24)14-9-8-13(25-2)10-17(14)26-3/h4-11H,1-3H3,(H,21,22,24). The van der Waals surface area contributed by atoms with Gasteiger partial charge in [0.25, 0.3) is 5.91 Å². The van der Waals surface area contributed by atoms with Gasteiger partial charge in [0.05, 0.1) is 30.5 Å². The molecule has 0 aliphatic carbocycles. The van der Waals surface area contributed by atoms with Crippen LogP contribution in [0.25, 0.3) is 5.69 Å². The maximum Gasteiger partial charge on any atom is 0.260 e. The molecule has 0 bridgehead atoms. The van der Waals surface area contributed by atoms with E-state index >= 15 is 0 Å². The number of hydrogen-bond donors (Lipinski definition) is 1. The minimum atomic E-state index is -0.322. The number of carbonyl (C=O) groups is 1. The lowest BCUT2D eigenvalue weighted by molar-refractivity contribution is 0.102. The minimum absolute atomic E-state index is 0.322. The first-order valence-electron chi connectivity index (χ1n) is 7.88. The molecule has 0 aliphatic heterocycles. The summed E-state index contributed by atoms with van der Waals surface area (Å²) in [6.45, 7) is 1.86. The third-order valence-electron chi connectivity index (χ3n) is 3.88. The highest BCUT2D eigenvalue weighted by Crippen LogP contribution is 2.26. The first kappa shape index (κ1) is 17.8. The third-order valence-corrected chi connectivity index (χ3v) is 4.20. The van der Waals surface area contributed by atoms with Gasteiger partial charge in [-0.1, -0.05) is 23.7 Å². The maximum atomic E-state index is 12.7. The monoisotopic (exact) mass is 371 g/mol. The first-order valence-corrected chi connectivity index (χ1v) is 8.26. The largest absolute Gasteiger partial charge is 0.497 e. The van der Waals surface area contributed by atoms with E-state index in [4.69, 9.17) is 21.1 Å². The number of para-hydroxylation sites is 1. The van der Waals surface area contributed by atoms with Crippen molar-refractivity contribution in [3.8, 4) is 17.2 Å². The van der Waals surface area contributed by atoms with E-state index < -0.39 is 0 Å². The predicted octanol–water partition coefficient (Wildman–Crippen LogP) is 4.10. The normalized spacial score (nSPS) is 10.5. The van der Waals surface area contributed by atoms with Gasteiger partial charge in [-0.05, 0) is 31.2 Å². The molecule has 2 aromatic carbocycles. The zero-order valence-corrected chi connectivity index (χ0v) is 15.4. The molecule has 1 heterocycles. The second-order valence-corrected chi connectivity index (χ2v) is 5.98. The summed E-state index contributed by atoms with van der Waals surface area (Å²) < 4.78 is 12.1. The molecule has 0 aliphatic rings. The summed E-state index contributed by atoms with van der Waals surface area (Å²) in [7, 11) is 3.06. The lowest BCUT2D eigenvalue weighted by Gasteiger charge is -2.10. The third kappa shape index (κ3) is 3.50. The van der Waals surface area contributed by atoms with E-state index in [1.54, 1.807) is 36.1 Å². The van der Waals surface area contributed by atoms with Crippen LogP contribution in [0.4, 0.5) is 5.82 Å². The number of ether oxygens (including phenoxy) is 2. The van der Waals surface area contributed by atoms with Gasteiger partial charge in [-0.3, -0.25) is 4.79 Å². The molecule has 134 valence electrons. The number of aryl methyl sites for hydroxylation is 1. The van der Waals surface area contributed by atoms with Crippen LogP contribution in [0.2, 0.25) is 5.02 Å². The Morgan fingerprint density at radius 3 is 2.62 bits per heavy atom. The molecule has 3 rings (SSSR count). The molecule has 1 aromatic heterocycles. The van der Waals surface area contributed by atoms with Crippen LogP contribution < -0.4 is 14.8 Å². The number of hydrogen-bond acceptors (Lipinski definition) is 4. The molecule has 7 heteroatoms. The molecule has 3 aromatic rings. The maximum absolute atomic E-state index is 12.7. The van der Waals surface area contributed by atoms with Crippen LogP contribution in [-0.2, 0) is 0 Å². The van der Waals surface area contributed by atoms with Crippen molar-refractivity contribution < 1.29 is 14.3 Å². The van der Waals surface area contributed by atoms with Crippen molar-refractivity contribution in [2.75, 3.05) is 19.5 Å². The molecular weight excluding hydrogens is 354 g/mol. The van der Waals surface area contributed by atoms with Crippen molar-refractivity contribution in [2.45, 2.75) is 6.92 Å². The summed E-state index contributed by atoms with van der Waals surface area (Å²) in [5.74, 6) is 1.16. The van der Waals surface area contributed by atoms with Crippen LogP contribution in [0.5, 0.6) is 11.5 Å². The Hall–Kier alpha value is -2.99. The average Bonchev–Trinajstić information content (AvgIpc) is 3.01. The summed E-state index contributed by atoms with van der Waals surface area (Å²) in [6.07, 6.45) is 1.81. The Morgan fingerprint density at radius 2 is 1.92 bits per heavy atom. The van der Waals surface area contributed by atoms with E-state index in [9.17, 15) is 4.79 Å². The van der Waals surface area contributed by atoms with Crippen molar-refractivity contribution in [3.05, 3.63) is 64.8 Å². The van der Waals surface area contributed by atoms with E-state index in [0.29, 0.717) is 27.9 Å². The fourth-order valence-electron chi connectivity index (χ4n) is 2.51. The van der Waals surface area contributed by atoms with Crippen molar-refractivity contribution in [2.24, 2.45) is 0 Å². The molecule has 0 radical (unpaired) electrons. The van der Waals surface area contributed by atoms with Crippen LogP contribution in [0.15, 0.2) is 48.7 Å². The van der Waals surface area contributed by atoms with Crippen molar-refractivity contribution in [1.29, 1.82) is 0 Å². The van der Waals surface area contributed by atoms with Crippen molar-refractivity contribution in [3.63, 3.8) is 0 Å². The van der Waals surface area contributed by atoms with Crippen LogP contribution >= 0.6 is 11.6 Å². The number of amides is 1. The highest BCUT2D eigenvalue weighted by Gasteiger charge is 2.17. The molecule has 0 saturated carbocycles. The molecular formula is C19H18ClN3O3. The van der Waals surface area contributed by atoms with Crippen LogP contribution in [0.3, 0.4) is 0 Å². The molecule has 1 amide bonds. The summed E-state index contributed by atoms with van der Waals surface area (Å²) in [5.41, 5.74) is 1.94. The Kier molecular flexibility index (Phi) is 5.14. The van der Waals surface area contributed by atoms with Gasteiger partial charge in [0.1, 0.15) is 11.5 Å². The number of nitrogens with one attached hydrogen (secondary N) is 1. The van der Waals surface area contributed by atoms with Crippen molar-refractivity contribution >= 4 is 23.3 Å². The number of anilines is 1. The van der Waals surface area contributed by atoms with Gasteiger partial charge in [0.15, 0.2) is 5.82 Å². The average molecular weight is 372 g/mol. The second kappa shape index (κ2) is 7.49. The summed E-state index contributed by atoms with van der Waals surface area (Å²) in [4.78, 5) is 12.7. The van der Waals surface area contributed by atoms with Crippen LogP contribution in [-0.4, -0.2) is 29.9 Å². The lowest BCUT2D eigenvalue weighted by atomic mass is 10.1. The molecule has 0 fully saturated rings. The lowest BCUT2D eigenvalue weighted by Crippen LogP contribution is -2.14. The van der Waals surface area contributed by atoms with E-state index in [0.717, 1.165) is 11.3 Å². The Balaban J connectivity index is 1.88. The van der Waals surface area contributed by atoms with Crippen molar-refractivity contribution in [1.82, 2.24) is 9.78 Å². The number of halogens is 1. The van der Waals surface area contributed by atoms with Gasteiger partial charge in [-0.25, -0.2) is 4.68 Å². The van der Waals surface area contributed by atoms with Gasteiger partial charge in [-0.15, -0.1) is 5.10 Å². The summed E-state index contributed by atoms with van der Waals surface area (Å²) in [6, 6.07) is 12.4. The fraction of sp³-hybridized carbons (Fsp3) is 0.158. The smallest absolute Gasteiger partial charge is 0.260 e. The first-order chi connectivity index (χ1) is 12.5. The van der Waals surface area contributed by atoms with E-state index in [-0.39, 0.29) is 5.91 Å². The van der Waals surface area contributed by atoms with E-state index in [1.807, 2.05) is 31.3 Å². The molecule has 6 nitrogen and oxygen atoms in total.